The van der Waals surface area contributed by atoms with Gasteiger partial charge in [0.25, 0.3) is 0 Å². The molecule has 0 saturated heterocycles. The molecule has 0 unspecified atom stereocenters. The summed E-state index contributed by atoms with van der Waals surface area (Å²) in [4.78, 5) is -0.325. The Kier molecular flexibility index (Phi) is 5.40. The Labute approximate surface area is 175 Å². The number of rotatable bonds is 11. The highest BCUT2D eigenvalue weighted by molar-refractivity contribution is 7.89. The number of sulfonamides is 1. The molecule has 0 saturated carbocycles. The maximum Gasteiger partial charge on any atom is 0.241 e. The highest BCUT2D eigenvalue weighted by Crippen LogP contribution is 2.26. The summed E-state index contributed by atoms with van der Waals surface area (Å²) in [5, 5.41) is 8.17. The van der Waals surface area contributed by atoms with E-state index in [4.69, 9.17) is 27.6 Å². The maximum atomic E-state index is 11.9. The van der Waals surface area contributed by atoms with Gasteiger partial charge in [0.1, 0.15) is 17.3 Å². The minimum absolute atomic E-state index is 0.00795. The van der Waals surface area contributed by atoms with Crippen LogP contribution >= 0.6 is 0 Å². The van der Waals surface area contributed by atoms with Gasteiger partial charge in [-0.2, -0.15) is 0 Å². The van der Waals surface area contributed by atoms with Crippen LogP contribution in [0.4, 0.5) is 0 Å². The minimum Gasteiger partial charge on any atom is -0.495 e. The molecule has 0 aromatic heterocycles. The Bertz CT molecular complexity index is 1150. The molecule has 0 heterocycles. The Hall–Kier alpha value is -2.29. The zero-order valence-electron chi connectivity index (χ0n) is 22.0. The van der Waals surface area contributed by atoms with Crippen LogP contribution in [0.15, 0.2) is 47.3 Å². The lowest BCUT2D eigenvalue weighted by Crippen LogP contribution is -2.32. The number of benzene rings is 2. The second kappa shape index (κ2) is 10.3. The molecule has 8 heteroatoms. The van der Waals surface area contributed by atoms with E-state index < -0.39 is 34.5 Å². The molecule has 0 amide bonds. The van der Waals surface area contributed by atoms with E-state index in [0.717, 1.165) is 6.07 Å². The van der Waals surface area contributed by atoms with Gasteiger partial charge in [-0.3, -0.25) is 0 Å². The number of nitrogens with one attached hydrogen (secondary N) is 1. The van der Waals surface area contributed by atoms with Gasteiger partial charge in [-0.15, -0.1) is 0 Å². The molecule has 154 valence electrons. The summed E-state index contributed by atoms with van der Waals surface area (Å²) in [7, 11) is -2.85. The zero-order chi connectivity index (χ0) is 25.8. The molecule has 0 bridgehead atoms. The lowest BCUT2D eigenvalue weighted by molar-refractivity contribution is 0.272. The van der Waals surface area contributed by atoms with E-state index in [1.165, 1.54) is 19.2 Å². The third-order valence-electron chi connectivity index (χ3n) is 3.56. The summed E-state index contributed by atoms with van der Waals surface area (Å²) in [6.07, 6.45) is -2.00. The van der Waals surface area contributed by atoms with Crippen molar-refractivity contribution in [3.63, 3.8) is 0 Å². The molecule has 2 aromatic rings. The number of nitrogens with two attached hydrogens (primary N) is 1. The molecule has 0 aliphatic rings. The number of para-hydroxylation sites is 2. The van der Waals surface area contributed by atoms with Gasteiger partial charge < -0.3 is 19.5 Å². The summed E-state index contributed by atoms with van der Waals surface area (Å²) in [5.41, 5.74) is 0.0778. The van der Waals surface area contributed by atoms with Crippen LogP contribution in [0.3, 0.4) is 0 Å². The van der Waals surface area contributed by atoms with Crippen LogP contribution in [0.25, 0.3) is 0 Å². The van der Waals surface area contributed by atoms with Crippen molar-refractivity contribution >= 4 is 10.0 Å². The number of primary sulfonamides is 1. The van der Waals surface area contributed by atoms with Crippen LogP contribution in [0.1, 0.15) is 27.6 Å². The van der Waals surface area contributed by atoms with Gasteiger partial charge in [0.2, 0.25) is 10.0 Å². The van der Waals surface area contributed by atoms with E-state index in [2.05, 4.69) is 5.32 Å². The van der Waals surface area contributed by atoms with Gasteiger partial charge in [0.15, 0.2) is 11.5 Å². The Morgan fingerprint density at radius 3 is 2.50 bits per heavy atom. The lowest BCUT2D eigenvalue weighted by Gasteiger charge is -2.16. The minimum atomic E-state index is -4.13. The standard InChI is InChI=1S/C20H28N2O5S/c1-4-26-17-7-5-6-8-18(17)27-12-11-22-15(2)13-16-9-10-19(25-3)20(14-16)28(21,23)24/h5-10,14-15,22H,4,11-13H2,1-3H3,(H2,21,23,24)/t15-/m1/s1/i5D,6D,7D,8D,13D2. The Morgan fingerprint density at radius 1 is 1.21 bits per heavy atom. The summed E-state index contributed by atoms with van der Waals surface area (Å²) in [6, 6.07) is 1.48. The first-order chi connectivity index (χ1) is 15.8. The van der Waals surface area contributed by atoms with Gasteiger partial charge in [0, 0.05) is 15.3 Å². The van der Waals surface area contributed by atoms with E-state index in [-0.39, 0.29) is 59.6 Å². The van der Waals surface area contributed by atoms with Gasteiger partial charge in [0.05, 0.1) is 19.2 Å². The normalized spacial score (nSPS) is 16.0. The first kappa shape index (κ1) is 14.7. The molecule has 0 radical (unpaired) electrons. The average Bonchev–Trinajstić information content (AvgIpc) is 2.79. The third kappa shape index (κ3) is 6.40. The highest BCUT2D eigenvalue weighted by atomic mass is 32.2. The highest BCUT2D eigenvalue weighted by Gasteiger charge is 2.16. The molecule has 2 aromatic carbocycles. The Morgan fingerprint density at radius 2 is 1.89 bits per heavy atom. The van der Waals surface area contributed by atoms with Gasteiger partial charge in [-0.25, -0.2) is 13.6 Å². The van der Waals surface area contributed by atoms with Crippen molar-refractivity contribution in [2.24, 2.45) is 5.14 Å². The molecule has 0 spiro atoms. The van der Waals surface area contributed by atoms with Gasteiger partial charge >= 0.3 is 0 Å². The van der Waals surface area contributed by atoms with Crippen molar-refractivity contribution in [2.75, 3.05) is 26.9 Å². The predicted molar refractivity (Wildman–Crippen MR) is 109 cm³/mol. The monoisotopic (exact) mass is 414 g/mol. The first-order valence-corrected chi connectivity index (χ1v) is 10.1. The van der Waals surface area contributed by atoms with Crippen molar-refractivity contribution in [1.82, 2.24) is 5.32 Å². The summed E-state index contributed by atoms with van der Waals surface area (Å²) in [5.74, 6) is -0.211. The van der Waals surface area contributed by atoms with E-state index >= 15 is 0 Å². The molecule has 2 rings (SSSR count). The number of methoxy groups -OCH3 is 1. The van der Waals surface area contributed by atoms with E-state index in [1.807, 2.05) is 0 Å². The van der Waals surface area contributed by atoms with E-state index in [9.17, 15) is 8.42 Å². The molecule has 28 heavy (non-hydrogen) atoms. The SMILES string of the molecule is [2H]c1c([2H])c([2H])c(OCCN[C@H](C)C([2H])([2H])c2ccc(OC)c(S(N)(=O)=O)c2)c(OCC)c1[2H]. The van der Waals surface area contributed by atoms with Crippen LogP contribution in [0, 0.1) is 0 Å². The topological polar surface area (TPSA) is 99.9 Å². The summed E-state index contributed by atoms with van der Waals surface area (Å²) in [6.45, 7) is 3.50. The fourth-order valence-corrected chi connectivity index (χ4v) is 3.08. The summed E-state index contributed by atoms with van der Waals surface area (Å²) < 4.78 is 88.2. The number of hydrogen-bond donors (Lipinski definition) is 2. The second-order valence-corrected chi connectivity index (χ2v) is 7.20. The first-order valence-electron chi connectivity index (χ1n) is 11.6. The van der Waals surface area contributed by atoms with Gasteiger partial charge in [-0.05, 0) is 50.0 Å². The molecule has 7 nitrogen and oxygen atoms in total. The van der Waals surface area contributed by atoms with Crippen LogP contribution in [0.5, 0.6) is 17.2 Å². The van der Waals surface area contributed by atoms with Crippen LogP contribution in [-0.4, -0.2) is 41.3 Å². The second-order valence-electron chi connectivity index (χ2n) is 5.67. The lowest BCUT2D eigenvalue weighted by atomic mass is 10.1. The molecular weight excluding hydrogens is 380 g/mol. The maximum absolute atomic E-state index is 11.9. The molecule has 3 N–H and O–H groups in total. The van der Waals surface area contributed by atoms with Crippen LogP contribution < -0.4 is 24.7 Å². The molecule has 1 atom stereocenters. The van der Waals surface area contributed by atoms with Crippen molar-refractivity contribution in [2.45, 2.75) is 31.2 Å². The molecule has 0 aliphatic carbocycles. The summed E-state index contributed by atoms with van der Waals surface area (Å²) >= 11 is 0. The van der Waals surface area contributed by atoms with Crippen molar-refractivity contribution in [3.05, 3.63) is 47.9 Å². The predicted octanol–water partition coefficient (Wildman–Crippen LogP) is 2.34. The molecule has 0 fully saturated rings. The largest absolute Gasteiger partial charge is 0.495 e. The fraction of sp³-hybridized carbons (Fsp3) is 0.400. The number of ether oxygens (including phenoxy) is 3. The van der Waals surface area contributed by atoms with Gasteiger partial charge in [-0.1, -0.05) is 18.2 Å². The zero-order valence-corrected chi connectivity index (χ0v) is 16.8. The number of hydrogen-bond acceptors (Lipinski definition) is 6. The van der Waals surface area contributed by atoms with Crippen LogP contribution in [0.2, 0.25) is 0 Å². The van der Waals surface area contributed by atoms with E-state index in [0.29, 0.717) is 0 Å². The quantitative estimate of drug-likeness (QED) is 0.548. The van der Waals surface area contributed by atoms with Crippen molar-refractivity contribution in [1.29, 1.82) is 0 Å². The van der Waals surface area contributed by atoms with Crippen molar-refractivity contribution < 1.29 is 30.9 Å². The molecular formula is C20H28N2O5S. The average molecular weight is 415 g/mol. The molecule has 0 aliphatic heterocycles. The third-order valence-corrected chi connectivity index (χ3v) is 4.49. The van der Waals surface area contributed by atoms with Crippen molar-refractivity contribution in [3.8, 4) is 17.2 Å². The smallest absolute Gasteiger partial charge is 0.241 e. The Balaban J connectivity index is 2.15. The van der Waals surface area contributed by atoms with E-state index in [1.54, 1.807) is 13.8 Å². The van der Waals surface area contributed by atoms with Crippen LogP contribution in [-0.2, 0) is 16.4 Å². The fourth-order valence-electron chi connectivity index (χ4n) is 2.36.